The molecule has 0 heterocycles. The van der Waals surface area contributed by atoms with E-state index in [-0.39, 0.29) is 0 Å². The van der Waals surface area contributed by atoms with Crippen molar-refractivity contribution in [2.45, 2.75) is 84.5 Å². The van der Waals surface area contributed by atoms with Crippen LogP contribution in [-0.2, 0) is 12.8 Å². The molecule has 0 aliphatic heterocycles. The highest BCUT2D eigenvalue weighted by Gasteiger charge is 2.22. The first-order valence-electron chi connectivity index (χ1n) is 11.7. The molecule has 2 aromatic carbocycles. The fourth-order valence-electron chi connectivity index (χ4n) is 4.81. The zero-order valence-electron chi connectivity index (χ0n) is 18.2. The highest BCUT2D eigenvalue weighted by atomic mass is 19.2. The van der Waals surface area contributed by atoms with Gasteiger partial charge in [-0.1, -0.05) is 102 Å². The number of halogens is 2. The number of benzene rings is 2. The summed E-state index contributed by atoms with van der Waals surface area (Å²) in [5, 5.41) is 0. The van der Waals surface area contributed by atoms with Crippen LogP contribution >= 0.6 is 0 Å². The van der Waals surface area contributed by atoms with Gasteiger partial charge in [0.15, 0.2) is 11.6 Å². The lowest BCUT2D eigenvalue weighted by atomic mass is 9.78. The number of hydrogen-bond donors (Lipinski definition) is 0. The van der Waals surface area contributed by atoms with Crippen molar-refractivity contribution < 1.29 is 8.78 Å². The summed E-state index contributed by atoms with van der Waals surface area (Å²) < 4.78 is 29.5. The monoisotopic (exact) mass is 398 g/mol. The molecule has 0 unspecified atom stereocenters. The third-order valence-electron chi connectivity index (χ3n) is 6.72. The zero-order valence-corrected chi connectivity index (χ0v) is 18.2. The minimum absolute atomic E-state index is 0.366. The van der Waals surface area contributed by atoms with Gasteiger partial charge in [-0.3, -0.25) is 0 Å². The van der Waals surface area contributed by atoms with E-state index in [9.17, 15) is 8.78 Å². The molecule has 29 heavy (non-hydrogen) atoms. The fourth-order valence-corrected chi connectivity index (χ4v) is 4.81. The summed E-state index contributed by atoms with van der Waals surface area (Å²) in [7, 11) is 0. The lowest BCUT2D eigenvalue weighted by molar-refractivity contribution is 0.249. The topological polar surface area (TPSA) is 0 Å². The minimum Gasteiger partial charge on any atom is -0.203 e. The van der Waals surface area contributed by atoms with Gasteiger partial charge < -0.3 is 0 Å². The molecular formula is C27H36F2. The van der Waals surface area contributed by atoms with Gasteiger partial charge in [-0.2, -0.15) is 0 Å². The smallest absolute Gasteiger partial charge is 0.166 e. The molecule has 0 aromatic heterocycles. The standard InChI is InChI=1S/C27H36F2/c1-3-5-7-21-8-10-22(11-9-21)14-17-24-18-19-25(27(29)26(24)28)23-15-12-20(6-4-2)13-16-23/h12-13,15-16,18-19,21-22H,3-11,14,17H2,1-2H3. The van der Waals surface area contributed by atoms with Gasteiger partial charge in [0.05, 0.1) is 0 Å². The van der Waals surface area contributed by atoms with E-state index in [2.05, 4.69) is 13.8 Å². The first kappa shape index (κ1) is 22.0. The SMILES string of the molecule is CCCCC1CCC(CCc2ccc(-c3ccc(CCC)cc3)c(F)c2F)CC1. The average Bonchev–Trinajstić information content (AvgIpc) is 2.75. The molecule has 0 radical (unpaired) electrons. The Morgan fingerprint density at radius 1 is 0.724 bits per heavy atom. The molecule has 2 heteroatoms. The van der Waals surface area contributed by atoms with Gasteiger partial charge in [0.2, 0.25) is 0 Å². The molecule has 1 aliphatic rings. The quantitative estimate of drug-likeness (QED) is 0.397. The summed E-state index contributed by atoms with van der Waals surface area (Å²) in [6.45, 7) is 4.39. The van der Waals surface area contributed by atoms with E-state index in [1.165, 1.54) is 50.5 Å². The predicted octanol–water partition coefficient (Wildman–Crippen LogP) is 8.51. The Bertz CT molecular complexity index is 755. The van der Waals surface area contributed by atoms with E-state index in [0.717, 1.165) is 30.7 Å². The van der Waals surface area contributed by atoms with Crippen molar-refractivity contribution in [1.29, 1.82) is 0 Å². The van der Waals surface area contributed by atoms with Crippen LogP contribution in [0.1, 0.15) is 82.8 Å². The number of unbranched alkanes of at least 4 members (excludes halogenated alkanes) is 1. The van der Waals surface area contributed by atoms with Gasteiger partial charge in [0.25, 0.3) is 0 Å². The van der Waals surface area contributed by atoms with Gasteiger partial charge in [-0.05, 0) is 47.8 Å². The van der Waals surface area contributed by atoms with Crippen LogP contribution in [0, 0.1) is 23.5 Å². The Hall–Kier alpha value is -1.70. The van der Waals surface area contributed by atoms with Crippen LogP contribution in [0.25, 0.3) is 11.1 Å². The van der Waals surface area contributed by atoms with Gasteiger partial charge in [-0.15, -0.1) is 0 Å². The zero-order chi connectivity index (χ0) is 20.6. The number of hydrogen-bond acceptors (Lipinski definition) is 0. The second-order valence-corrected chi connectivity index (χ2v) is 8.91. The summed E-state index contributed by atoms with van der Waals surface area (Å²) >= 11 is 0. The summed E-state index contributed by atoms with van der Waals surface area (Å²) in [6, 6.07) is 11.4. The maximum absolute atomic E-state index is 14.8. The highest BCUT2D eigenvalue weighted by molar-refractivity contribution is 5.65. The molecule has 0 N–H and O–H groups in total. The van der Waals surface area contributed by atoms with Crippen LogP contribution in [0.15, 0.2) is 36.4 Å². The van der Waals surface area contributed by atoms with E-state index in [1.54, 1.807) is 12.1 Å². The third kappa shape index (κ3) is 5.90. The van der Waals surface area contributed by atoms with Gasteiger partial charge >= 0.3 is 0 Å². The predicted molar refractivity (Wildman–Crippen MR) is 119 cm³/mol. The molecule has 0 spiro atoms. The fraction of sp³-hybridized carbons (Fsp3) is 0.556. The maximum Gasteiger partial charge on any atom is 0.166 e. The van der Waals surface area contributed by atoms with E-state index < -0.39 is 11.6 Å². The van der Waals surface area contributed by atoms with Crippen molar-refractivity contribution in [2.75, 3.05) is 0 Å². The van der Waals surface area contributed by atoms with E-state index in [1.807, 2.05) is 24.3 Å². The molecule has 0 amide bonds. The molecule has 0 saturated heterocycles. The Balaban J connectivity index is 1.58. The Labute approximate surface area is 175 Å². The van der Waals surface area contributed by atoms with Crippen molar-refractivity contribution >= 4 is 0 Å². The Morgan fingerprint density at radius 3 is 2.00 bits per heavy atom. The van der Waals surface area contributed by atoms with Crippen molar-refractivity contribution in [3.05, 3.63) is 59.2 Å². The molecule has 158 valence electrons. The van der Waals surface area contributed by atoms with Crippen molar-refractivity contribution in [2.24, 2.45) is 11.8 Å². The van der Waals surface area contributed by atoms with Crippen LogP contribution in [0.5, 0.6) is 0 Å². The lowest BCUT2D eigenvalue weighted by Gasteiger charge is -2.28. The number of rotatable bonds is 9. The molecule has 1 fully saturated rings. The summed E-state index contributed by atoms with van der Waals surface area (Å²) in [5.74, 6) is 0.204. The van der Waals surface area contributed by atoms with E-state index in [0.29, 0.717) is 23.5 Å². The highest BCUT2D eigenvalue weighted by Crippen LogP contribution is 2.35. The third-order valence-corrected chi connectivity index (χ3v) is 6.72. The molecular weight excluding hydrogens is 362 g/mol. The van der Waals surface area contributed by atoms with E-state index in [4.69, 9.17) is 0 Å². The average molecular weight is 399 g/mol. The van der Waals surface area contributed by atoms with Gasteiger partial charge in [-0.25, -0.2) is 8.78 Å². The Morgan fingerprint density at radius 2 is 1.38 bits per heavy atom. The van der Waals surface area contributed by atoms with Gasteiger partial charge in [0, 0.05) is 5.56 Å². The first-order valence-corrected chi connectivity index (χ1v) is 11.7. The normalized spacial score (nSPS) is 19.4. The van der Waals surface area contributed by atoms with Crippen LogP contribution < -0.4 is 0 Å². The van der Waals surface area contributed by atoms with Crippen LogP contribution in [0.2, 0.25) is 0 Å². The summed E-state index contributed by atoms with van der Waals surface area (Å²) in [4.78, 5) is 0. The van der Waals surface area contributed by atoms with Crippen molar-refractivity contribution in [3.8, 4) is 11.1 Å². The minimum atomic E-state index is -0.700. The summed E-state index contributed by atoms with van der Waals surface area (Å²) in [5.41, 5.74) is 2.88. The molecule has 2 aromatic rings. The summed E-state index contributed by atoms with van der Waals surface area (Å²) in [6.07, 6.45) is 12.8. The maximum atomic E-state index is 14.8. The van der Waals surface area contributed by atoms with Crippen LogP contribution in [0.4, 0.5) is 8.78 Å². The largest absolute Gasteiger partial charge is 0.203 e. The second kappa shape index (κ2) is 10.9. The molecule has 0 bridgehead atoms. The molecule has 1 aliphatic carbocycles. The van der Waals surface area contributed by atoms with Crippen LogP contribution in [-0.4, -0.2) is 0 Å². The molecule has 1 saturated carbocycles. The van der Waals surface area contributed by atoms with Crippen molar-refractivity contribution in [1.82, 2.24) is 0 Å². The molecule has 0 atom stereocenters. The van der Waals surface area contributed by atoms with Crippen LogP contribution in [0.3, 0.4) is 0 Å². The van der Waals surface area contributed by atoms with Crippen molar-refractivity contribution in [3.63, 3.8) is 0 Å². The molecule has 3 rings (SSSR count). The first-order chi connectivity index (χ1) is 14.1. The van der Waals surface area contributed by atoms with E-state index >= 15 is 0 Å². The molecule has 0 nitrogen and oxygen atoms in total. The lowest BCUT2D eigenvalue weighted by Crippen LogP contribution is -2.15. The number of aryl methyl sites for hydroxylation is 2. The second-order valence-electron chi connectivity index (χ2n) is 8.91. The van der Waals surface area contributed by atoms with Gasteiger partial charge in [0.1, 0.15) is 0 Å². The Kier molecular flexibility index (Phi) is 8.27.